The summed E-state index contributed by atoms with van der Waals surface area (Å²) in [7, 11) is 0. The van der Waals surface area contributed by atoms with Crippen LogP contribution in [0.1, 0.15) is 29.9 Å². The quantitative estimate of drug-likeness (QED) is 0.710. The Kier molecular flexibility index (Phi) is 2.49. The molecule has 5 heteroatoms. The van der Waals surface area contributed by atoms with Gasteiger partial charge in [0.15, 0.2) is 0 Å². The fourth-order valence-corrected chi connectivity index (χ4v) is 1.73. The van der Waals surface area contributed by atoms with Crippen LogP contribution in [0.3, 0.4) is 0 Å². The third-order valence-corrected chi connectivity index (χ3v) is 2.51. The first-order valence-electron chi connectivity index (χ1n) is 4.73. The molecule has 0 radical (unpaired) electrons. The molecule has 76 valence electrons. The van der Waals surface area contributed by atoms with Crippen molar-refractivity contribution in [2.45, 2.75) is 31.3 Å². The van der Waals surface area contributed by atoms with Gasteiger partial charge in [-0.3, -0.25) is 4.79 Å². The first kappa shape index (κ1) is 9.21. The Morgan fingerprint density at radius 2 is 2.50 bits per heavy atom. The van der Waals surface area contributed by atoms with Gasteiger partial charge < -0.3 is 15.5 Å². The van der Waals surface area contributed by atoms with Gasteiger partial charge in [-0.1, -0.05) is 0 Å². The van der Waals surface area contributed by atoms with Gasteiger partial charge in [-0.2, -0.15) is 0 Å². The van der Waals surface area contributed by atoms with Crippen LogP contribution in [0.25, 0.3) is 0 Å². The second-order valence-corrected chi connectivity index (χ2v) is 3.51. The molecule has 0 aliphatic heterocycles. The van der Waals surface area contributed by atoms with Crippen LogP contribution >= 0.6 is 0 Å². The average Bonchev–Trinajstić information content (AvgIpc) is 2.77. The van der Waals surface area contributed by atoms with Gasteiger partial charge in [0.25, 0.3) is 5.89 Å². The van der Waals surface area contributed by atoms with E-state index >= 15 is 0 Å². The molecule has 14 heavy (non-hydrogen) atoms. The maximum absolute atomic E-state index is 11.5. The number of nitrogens with one attached hydrogen (secondary N) is 1. The summed E-state index contributed by atoms with van der Waals surface area (Å²) in [6.45, 7) is 0. The summed E-state index contributed by atoms with van der Waals surface area (Å²) >= 11 is 0. The van der Waals surface area contributed by atoms with Crippen molar-refractivity contribution in [2.75, 3.05) is 0 Å². The van der Waals surface area contributed by atoms with Gasteiger partial charge in [0.05, 0.1) is 6.20 Å². The Balaban J connectivity index is 1.95. The maximum Gasteiger partial charge on any atom is 0.307 e. The molecule has 5 nitrogen and oxygen atoms in total. The molecule has 0 bridgehead atoms. The standard InChI is InChI=1S/C9H13N3O2/c10-6-2-1-3-7(6)12-8(13)9-11-4-5-14-9/h4-7H,1-3,10H2,(H,12,13). The summed E-state index contributed by atoms with van der Waals surface area (Å²) in [6, 6.07) is 0.128. The normalized spacial score (nSPS) is 26.4. The summed E-state index contributed by atoms with van der Waals surface area (Å²) in [5.74, 6) is -0.179. The van der Waals surface area contributed by atoms with E-state index in [0.29, 0.717) is 0 Å². The van der Waals surface area contributed by atoms with Gasteiger partial charge in [-0.05, 0) is 19.3 Å². The minimum Gasteiger partial charge on any atom is -0.441 e. The Bertz CT molecular complexity index is 310. The predicted octanol–water partition coefficient (Wildman–Crippen LogP) is 0.284. The Morgan fingerprint density at radius 1 is 1.64 bits per heavy atom. The highest BCUT2D eigenvalue weighted by Gasteiger charge is 2.26. The highest BCUT2D eigenvalue weighted by Crippen LogP contribution is 2.17. The smallest absolute Gasteiger partial charge is 0.307 e. The van der Waals surface area contributed by atoms with Crippen LogP contribution in [0, 0.1) is 0 Å². The summed E-state index contributed by atoms with van der Waals surface area (Å²) in [4.78, 5) is 15.2. The van der Waals surface area contributed by atoms with E-state index in [0.717, 1.165) is 19.3 Å². The Hall–Kier alpha value is -1.36. The van der Waals surface area contributed by atoms with Crippen LogP contribution in [-0.2, 0) is 0 Å². The number of oxazole rings is 1. The predicted molar refractivity (Wildman–Crippen MR) is 49.6 cm³/mol. The minimum atomic E-state index is -0.280. The van der Waals surface area contributed by atoms with E-state index in [-0.39, 0.29) is 23.9 Å². The maximum atomic E-state index is 11.5. The molecule has 1 saturated carbocycles. The molecule has 0 saturated heterocycles. The number of hydrogen-bond acceptors (Lipinski definition) is 4. The molecule has 0 aromatic carbocycles. The summed E-state index contributed by atoms with van der Waals surface area (Å²) < 4.78 is 4.88. The molecular formula is C9H13N3O2. The number of nitrogens with two attached hydrogens (primary N) is 1. The van der Waals surface area contributed by atoms with Crippen molar-refractivity contribution >= 4 is 5.91 Å². The zero-order valence-corrected chi connectivity index (χ0v) is 7.77. The van der Waals surface area contributed by atoms with E-state index in [1.54, 1.807) is 0 Å². The van der Waals surface area contributed by atoms with E-state index in [1.807, 2.05) is 0 Å². The number of aromatic nitrogens is 1. The first-order valence-corrected chi connectivity index (χ1v) is 4.73. The van der Waals surface area contributed by atoms with Crippen LogP contribution < -0.4 is 11.1 Å². The molecule has 3 N–H and O–H groups in total. The number of rotatable bonds is 2. The van der Waals surface area contributed by atoms with Crippen LogP contribution in [-0.4, -0.2) is 23.0 Å². The number of nitrogens with zero attached hydrogens (tertiary/aromatic N) is 1. The number of carbonyl (C=O) groups excluding carboxylic acids is 1. The van der Waals surface area contributed by atoms with Crippen molar-refractivity contribution in [3.05, 3.63) is 18.4 Å². The fraction of sp³-hybridized carbons (Fsp3) is 0.556. The molecule has 2 unspecified atom stereocenters. The molecule has 1 aromatic heterocycles. The van der Waals surface area contributed by atoms with Crippen LogP contribution in [0.2, 0.25) is 0 Å². The molecule has 1 fully saturated rings. The SMILES string of the molecule is NC1CCCC1NC(=O)c1ncco1. The largest absolute Gasteiger partial charge is 0.441 e. The lowest BCUT2D eigenvalue weighted by molar-refractivity contribution is 0.0899. The van der Waals surface area contributed by atoms with Crippen molar-refractivity contribution < 1.29 is 9.21 Å². The third-order valence-electron chi connectivity index (χ3n) is 2.51. The molecular weight excluding hydrogens is 182 g/mol. The number of amides is 1. The molecule has 1 amide bonds. The van der Waals surface area contributed by atoms with E-state index in [1.165, 1.54) is 12.5 Å². The second kappa shape index (κ2) is 3.79. The van der Waals surface area contributed by atoms with Crippen molar-refractivity contribution in [2.24, 2.45) is 5.73 Å². The molecule has 1 aliphatic rings. The van der Waals surface area contributed by atoms with Gasteiger partial charge in [0.2, 0.25) is 0 Å². The average molecular weight is 195 g/mol. The highest BCUT2D eigenvalue weighted by molar-refractivity contribution is 5.89. The third kappa shape index (κ3) is 1.77. The van der Waals surface area contributed by atoms with Gasteiger partial charge >= 0.3 is 5.91 Å². The van der Waals surface area contributed by atoms with E-state index in [2.05, 4.69) is 10.3 Å². The number of carbonyl (C=O) groups is 1. The van der Waals surface area contributed by atoms with Gasteiger partial charge in [-0.25, -0.2) is 4.98 Å². The summed E-state index contributed by atoms with van der Waals surface area (Å²) in [5, 5.41) is 2.81. The van der Waals surface area contributed by atoms with Crippen molar-refractivity contribution in [1.82, 2.24) is 10.3 Å². The molecule has 2 rings (SSSR count). The zero-order chi connectivity index (χ0) is 9.97. The molecule has 1 aliphatic carbocycles. The van der Waals surface area contributed by atoms with E-state index in [9.17, 15) is 4.79 Å². The fourth-order valence-electron chi connectivity index (χ4n) is 1.73. The van der Waals surface area contributed by atoms with Crippen LogP contribution in [0.15, 0.2) is 16.9 Å². The zero-order valence-electron chi connectivity index (χ0n) is 7.77. The molecule has 1 aromatic rings. The van der Waals surface area contributed by atoms with Gasteiger partial charge in [0.1, 0.15) is 6.26 Å². The van der Waals surface area contributed by atoms with E-state index in [4.69, 9.17) is 10.2 Å². The lowest BCUT2D eigenvalue weighted by Gasteiger charge is -2.15. The second-order valence-electron chi connectivity index (χ2n) is 3.51. The summed E-state index contributed by atoms with van der Waals surface area (Å²) in [5.41, 5.74) is 5.81. The Morgan fingerprint density at radius 3 is 3.07 bits per heavy atom. The van der Waals surface area contributed by atoms with Crippen LogP contribution in [0.4, 0.5) is 0 Å². The van der Waals surface area contributed by atoms with Gasteiger partial charge in [-0.15, -0.1) is 0 Å². The first-order chi connectivity index (χ1) is 6.77. The topological polar surface area (TPSA) is 81.1 Å². The van der Waals surface area contributed by atoms with E-state index < -0.39 is 0 Å². The van der Waals surface area contributed by atoms with Crippen molar-refractivity contribution in [3.8, 4) is 0 Å². The Labute approximate surface area is 81.7 Å². The van der Waals surface area contributed by atoms with Gasteiger partial charge in [0, 0.05) is 12.1 Å². The number of hydrogen-bond donors (Lipinski definition) is 2. The van der Waals surface area contributed by atoms with Crippen molar-refractivity contribution in [3.63, 3.8) is 0 Å². The minimum absolute atomic E-state index is 0.0638. The lowest BCUT2D eigenvalue weighted by Crippen LogP contribution is -2.44. The molecule has 0 spiro atoms. The highest BCUT2D eigenvalue weighted by atomic mass is 16.3. The van der Waals surface area contributed by atoms with Crippen molar-refractivity contribution in [1.29, 1.82) is 0 Å². The van der Waals surface area contributed by atoms with Crippen LogP contribution in [0.5, 0.6) is 0 Å². The lowest BCUT2D eigenvalue weighted by atomic mass is 10.2. The monoisotopic (exact) mass is 195 g/mol. The molecule has 1 heterocycles. The molecule has 2 atom stereocenters. The summed E-state index contributed by atoms with van der Waals surface area (Å²) in [6.07, 6.45) is 5.80.